The summed E-state index contributed by atoms with van der Waals surface area (Å²) in [5, 5.41) is 19.9. The predicted octanol–water partition coefficient (Wildman–Crippen LogP) is 6.70. The van der Waals surface area contributed by atoms with Gasteiger partial charge in [0.1, 0.15) is 17.1 Å². The van der Waals surface area contributed by atoms with E-state index in [1.807, 2.05) is 19.1 Å². The maximum absolute atomic E-state index is 15.7. The third-order valence-electron chi connectivity index (χ3n) is 7.90. The number of aliphatic hydroxyl groups is 2. The van der Waals surface area contributed by atoms with E-state index in [2.05, 4.69) is 4.98 Å². The molecule has 2 fully saturated rings. The number of nitrogens with zero attached hydrogens (tertiary/aromatic N) is 2. The van der Waals surface area contributed by atoms with Crippen LogP contribution < -0.4 is 4.74 Å². The molecule has 6 rings (SSSR count). The maximum Gasteiger partial charge on any atom is 0.315 e. The fourth-order valence-electron chi connectivity index (χ4n) is 5.39. The molecule has 3 aromatic carbocycles. The van der Waals surface area contributed by atoms with Crippen molar-refractivity contribution in [1.82, 2.24) is 8.96 Å². The normalized spacial score (nSPS) is 20.4. The van der Waals surface area contributed by atoms with E-state index in [-0.39, 0.29) is 59.1 Å². The Morgan fingerprint density at radius 1 is 1.15 bits per heavy atom. The summed E-state index contributed by atoms with van der Waals surface area (Å²) in [6.45, 7) is 2.22. The van der Waals surface area contributed by atoms with Crippen LogP contribution in [0.25, 0.3) is 22.2 Å². The number of halogens is 3. The molecular weight excluding hydrogens is 529 g/mol. The van der Waals surface area contributed by atoms with Gasteiger partial charge in [0, 0.05) is 12.0 Å². The lowest BCUT2D eigenvalue weighted by Crippen LogP contribution is -2.33. The average Bonchev–Trinajstić information content (AvgIpc) is 3.54. The third-order valence-corrected chi connectivity index (χ3v) is 8.39. The summed E-state index contributed by atoms with van der Waals surface area (Å²) in [6, 6.07) is 12.9. The van der Waals surface area contributed by atoms with Gasteiger partial charge in [-0.2, -0.15) is 4.98 Å². The molecule has 2 N–H and O–H groups in total. The molecule has 0 spiro atoms. The fraction of sp³-hybridized carbons (Fsp3) is 0.345. The minimum absolute atomic E-state index is 0.0556. The summed E-state index contributed by atoms with van der Waals surface area (Å²) in [7, 11) is 0. The highest BCUT2D eigenvalue weighted by Crippen LogP contribution is 2.43. The molecule has 0 amide bonds. The summed E-state index contributed by atoms with van der Waals surface area (Å²) < 4.78 is 57.5. The van der Waals surface area contributed by atoms with E-state index in [1.54, 1.807) is 30.3 Å². The highest BCUT2D eigenvalue weighted by Gasteiger charge is 2.36. The van der Waals surface area contributed by atoms with Crippen molar-refractivity contribution < 1.29 is 32.4 Å². The van der Waals surface area contributed by atoms with Gasteiger partial charge in [0.15, 0.2) is 18.2 Å². The first kappa shape index (κ1) is 26.2. The molecule has 10 heteroatoms. The molecule has 2 unspecified atom stereocenters. The van der Waals surface area contributed by atoms with Crippen molar-refractivity contribution in [3.8, 4) is 22.9 Å². The zero-order valence-electron chi connectivity index (χ0n) is 21.2. The summed E-state index contributed by atoms with van der Waals surface area (Å²) in [4.78, 5) is 4.22. The topological polar surface area (TPSA) is 76.7 Å². The van der Waals surface area contributed by atoms with Crippen molar-refractivity contribution in [3.05, 3.63) is 76.9 Å². The first-order valence-corrected chi connectivity index (χ1v) is 13.5. The van der Waals surface area contributed by atoms with Crippen LogP contribution in [0.15, 0.2) is 48.5 Å². The number of aromatic nitrogens is 2. The lowest BCUT2D eigenvalue weighted by atomic mass is 9.75. The Kier molecular flexibility index (Phi) is 6.83. The lowest BCUT2D eigenvalue weighted by Gasteiger charge is -2.37. The molecule has 2 aliphatic rings. The minimum Gasteiger partial charge on any atom is -0.425 e. The lowest BCUT2D eigenvalue weighted by molar-refractivity contribution is -0.0387. The first-order valence-electron chi connectivity index (χ1n) is 12.8. The maximum atomic E-state index is 15.7. The molecule has 6 nitrogen and oxygen atoms in total. The molecule has 1 aliphatic heterocycles. The van der Waals surface area contributed by atoms with Crippen molar-refractivity contribution >= 4 is 23.4 Å². The Balaban J connectivity index is 1.35. The Hall–Kier alpha value is -3.05. The number of ether oxygens (including phenoxy) is 2. The molecule has 2 heterocycles. The van der Waals surface area contributed by atoms with E-state index < -0.39 is 17.2 Å². The summed E-state index contributed by atoms with van der Waals surface area (Å²) in [5.74, 6) is -1.34. The van der Waals surface area contributed by atoms with Crippen LogP contribution in [0.3, 0.4) is 0 Å². The summed E-state index contributed by atoms with van der Waals surface area (Å²) in [5.41, 5.74) is 1.18. The molecule has 39 heavy (non-hydrogen) atoms. The van der Waals surface area contributed by atoms with Gasteiger partial charge >= 0.3 is 6.01 Å². The number of rotatable bonds is 7. The monoisotopic (exact) mass is 556 g/mol. The van der Waals surface area contributed by atoms with E-state index in [9.17, 15) is 14.1 Å². The summed E-state index contributed by atoms with van der Waals surface area (Å²) >= 11 is -0.258. The smallest absolute Gasteiger partial charge is 0.315 e. The standard InChI is InChI=1S/C29H27F3N2O4S/c1-16-3-4-18(19-11-21(14-35)37-15-19)12-24(16)38-28-33-27-23(34(28)39-32)13-22(30)25(26(27)31)17-5-7-20(8-6-17)29(36)9-2-10-29/h3-8,12-13,19,21,35-36H,2,9-11,14-15H2,1H3. The van der Waals surface area contributed by atoms with Gasteiger partial charge < -0.3 is 19.7 Å². The van der Waals surface area contributed by atoms with Gasteiger partial charge in [-0.05, 0) is 60.9 Å². The highest BCUT2D eigenvalue weighted by molar-refractivity contribution is 7.93. The predicted molar refractivity (Wildman–Crippen MR) is 142 cm³/mol. The molecule has 0 radical (unpaired) electrons. The zero-order chi connectivity index (χ0) is 27.3. The fourth-order valence-corrected chi connectivity index (χ4v) is 5.74. The molecule has 204 valence electrons. The van der Waals surface area contributed by atoms with Crippen LogP contribution in [0.1, 0.15) is 48.3 Å². The number of fused-ring (bicyclic) bond motifs is 1. The van der Waals surface area contributed by atoms with E-state index in [0.29, 0.717) is 37.2 Å². The van der Waals surface area contributed by atoms with Crippen LogP contribution in [0.2, 0.25) is 0 Å². The van der Waals surface area contributed by atoms with Crippen molar-refractivity contribution in [1.29, 1.82) is 0 Å². The van der Waals surface area contributed by atoms with Crippen molar-refractivity contribution in [3.63, 3.8) is 0 Å². The van der Waals surface area contributed by atoms with Crippen LogP contribution in [-0.4, -0.2) is 38.5 Å². The van der Waals surface area contributed by atoms with E-state index in [0.717, 1.165) is 27.6 Å². The average molecular weight is 557 g/mol. The Morgan fingerprint density at radius 3 is 2.56 bits per heavy atom. The Morgan fingerprint density at radius 2 is 1.92 bits per heavy atom. The molecule has 1 aromatic heterocycles. The van der Waals surface area contributed by atoms with Crippen molar-refractivity contribution in [2.75, 3.05) is 13.2 Å². The molecule has 2 atom stereocenters. The minimum atomic E-state index is -0.929. The molecule has 1 saturated carbocycles. The van der Waals surface area contributed by atoms with Gasteiger partial charge in [0.2, 0.25) is 0 Å². The van der Waals surface area contributed by atoms with Gasteiger partial charge in [-0.1, -0.05) is 36.4 Å². The largest absolute Gasteiger partial charge is 0.425 e. The van der Waals surface area contributed by atoms with Crippen LogP contribution in [-0.2, 0) is 10.3 Å². The van der Waals surface area contributed by atoms with Crippen LogP contribution in [0.5, 0.6) is 11.8 Å². The third kappa shape index (κ3) is 4.59. The first-order chi connectivity index (χ1) is 18.8. The number of aliphatic hydroxyl groups excluding tert-OH is 1. The second-order valence-corrected chi connectivity index (χ2v) is 10.8. The Labute approximate surface area is 227 Å². The number of benzene rings is 3. The van der Waals surface area contributed by atoms with Crippen molar-refractivity contribution in [2.45, 2.75) is 50.2 Å². The van der Waals surface area contributed by atoms with Gasteiger partial charge in [-0.25, -0.2) is 12.8 Å². The van der Waals surface area contributed by atoms with E-state index in [4.69, 9.17) is 9.47 Å². The molecule has 1 saturated heterocycles. The quantitative estimate of drug-likeness (QED) is 0.264. The Bertz CT molecular complexity index is 1540. The highest BCUT2D eigenvalue weighted by atomic mass is 32.2. The van der Waals surface area contributed by atoms with Crippen molar-refractivity contribution in [2.24, 2.45) is 0 Å². The van der Waals surface area contributed by atoms with Gasteiger partial charge in [-0.3, -0.25) is 0 Å². The summed E-state index contributed by atoms with van der Waals surface area (Å²) in [6.07, 6.45) is 2.68. The number of hydrogen-bond acceptors (Lipinski definition) is 6. The number of aryl methyl sites for hydroxylation is 1. The van der Waals surface area contributed by atoms with Gasteiger partial charge in [0.05, 0.1) is 36.0 Å². The van der Waals surface area contributed by atoms with E-state index >= 15 is 8.78 Å². The van der Waals surface area contributed by atoms with Crippen LogP contribution in [0.4, 0.5) is 12.7 Å². The second kappa shape index (κ2) is 10.2. The molecule has 0 bridgehead atoms. The number of imidazole rings is 1. The zero-order valence-corrected chi connectivity index (χ0v) is 22.0. The van der Waals surface area contributed by atoms with Gasteiger partial charge in [0.25, 0.3) is 0 Å². The molecular formula is C29H27F3N2O4S. The molecule has 4 aromatic rings. The van der Waals surface area contributed by atoms with Crippen LogP contribution in [0, 0.1) is 18.6 Å². The van der Waals surface area contributed by atoms with Crippen LogP contribution >= 0.6 is 12.3 Å². The molecule has 1 aliphatic carbocycles. The number of hydrogen-bond donors (Lipinski definition) is 2. The van der Waals surface area contributed by atoms with Gasteiger partial charge in [-0.15, -0.1) is 3.89 Å². The van der Waals surface area contributed by atoms with E-state index in [1.165, 1.54) is 0 Å². The SMILES string of the molecule is Cc1ccc(C2COC(CO)C2)cc1Oc1nc2c(F)c(-c3ccc(C4(O)CCC4)cc3)c(F)cc2n1SF. The second-order valence-electron chi connectivity index (χ2n) is 10.3.